The molecule has 0 saturated heterocycles. The van der Waals surface area contributed by atoms with E-state index in [4.69, 9.17) is 15.2 Å². The number of benzene rings is 1. The van der Waals surface area contributed by atoms with Gasteiger partial charge in [-0.1, -0.05) is 6.07 Å². The summed E-state index contributed by atoms with van der Waals surface area (Å²) in [4.78, 5) is 4.27. The van der Waals surface area contributed by atoms with Gasteiger partial charge in [-0.25, -0.2) is 4.98 Å². The number of nitrogens with two attached hydrogens (primary N) is 1. The minimum Gasteiger partial charge on any atom is -0.490 e. The van der Waals surface area contributed by atoms with Gasteiger partial charge in [-0.3, -0.25) is 0 Å². The van der Waals surface area contributed by atoms with Crippen LogP contribution in [0.15, 0.2) is 29.8 Å². The van der Waals surface area contributed by atoms with E-state index in [0.29, 0.717) is 13.2 Å². The molecule has 0 fully saturated rings. The molecular formula is C15H20N2O2S. The van der Waals surface area contributed by atoms with Crippen molar-refractivity contribution < 1.29 is 9.47 Å². The van der Waals surface area contributed by atoms with Gasteiger partial charge in [0.05, 0.1) is 18.2 Å². The van der Waals surface area contributed by atoms with Gasteiger partial charge < -0.3 is 15.2 Å². The molecular weight excluding hydrogens is 272 g/mol. The SMILES string of the molecule is CCOc1ccc(C(N)Cc2nccs2)cc1OCC. The van der Waals surface area contributed by atoms with Crippen molar-refractivity contribution in [3.8, 4) is 11.5 Å². The summed E-state index contributed by atoms with van der Waals surface area (Å²) in [7, 11) is 0. The molecule has 0 radical (unpaired) electrons. The number of rotatable bonds is 7. The molecule has 2 N–H and O–H groups in total. The molecule has 1 atom stereocenters. The lowest BCUT2D eigenvalue weighted by molar-refractivity contribution is 0.287. The first-order chi connectivity index (χ1) is 9.74. The summed E-state index contributed by atoms with van der Waals surface area (Å²) < 4.78 is 11.2. The highest BCUT2D eigenvalue weighted by Gasteiger charge is 2.13. The van der Waals surface area contributed by atoms with Crippen molar-refractivity contribution in [1.82, 2.24) is 4.98 Å². The third-order valence-electron chi connectivity index (χ3n) is 2.87. The van der Waals surface area contributed by atoms with Crippen LogP contribution in [-0.2, 0) is 6.42 Å². The van der Waals surface area contributed by atoms with Gasteiger partial charge in [0, 0.05) is 24.0 Å². The number of hydrogen-bond acceptors (Lipinski definition) is 5. The lowest BCUT2D eigenvalue weighted by Gasteiger charge is -2.15. The summed E-state index contributed by atoms with van der Waals surface area (Å²) >= 11 is 1.62. The summed E-state index contributed by atoms with van der Waals surface area (Å²) in [6.07, 6.45) is 2.54. The summed E-state index contributed by atoms with van der Waals surface area (Å²) in [5.41, 5.74) is 7.28. The normalized spacial score (nSPS) is 12.2. The van der Waals surface area contributed by atoms with E-state index in [9.17, 15) is 0 Å². The van der Waals surface area contributed by atoms with Gasteiger partial charge in [0.2, 0.25) is 0 Å². The third-order valence-corrected chi connectivity index (χ3v) is 3.68. The Balaban J connectivity index is 2.16. The fourth-order valence-corrected chi connectivity index (χ4v) is 2.63. The van der Waals surface area contributed by atoms with Gasteiger partial charge >= 0.3 is 0 Å². The zero-order valence-corrected chi connectivity index (χ0v) is 12.7. The molecule has 0 saturated carbocycles. The number of aromatic nitrogens is 1. The first-order valence-electron chi connectivity index (χ1n) is 6.78. The molecule has 0 spiro atoms. The van der Waals surface area contributed by atoms with Crippen LogP contribution in [0.5, 0.6) is 11.5 Å². The van der Waals surface area contributed by atoms with Gasteiger partial charge in [-0.15, -0.1) is 11.3 Å². The average Bonchev–Trinajstić information content (AvgIpc) is 2.94. The van der Waals surface area contributed by atoms with Crippen molar-refractivity contribution in [3.05, 3.63) is 40.3 Å². The minimum atomic E-state index is -0.0870. The quantitative estimate of drug-likeness (QED) is 0.851. The van der Waals surface area contributed by atoms with Crippen molar-refractivity contribution >= 4 is 11.3 Å². The molecule has 0 bridgehead atoms. The van der Waals surface area contributed by atoms with Crippen LogP contribution in [0.1, 0.15) is 30.5 Å². The van der Waals surface area contributed by atoms with Crippen LogP contribution < -0.4 is 15.2 Å². The maximum atomic E-state index is 6.25. The second-order valence-corrected chi connectivity index (χ2v) is 5.29. The fraction of sp³-hybridized carbons (Fsp3) is 0.400. The van der Waals surface area contributed by atoms with Crippen LogP contribution in [0, 0.1) is 0 Å². The Hall–Kier alpha value is -1.59. The van der Waals surface area contributed by atoms with Crippen molar-refractivity contribution in [3.63, 3.8) is 0 Å². The lowest BCUT2D eigenvalue weighted by atomic mass is 10.0. The molecule has 2 aromatic rings. The Kier molecular flexibility index (Phi) is 5.38. The number of hydrogen-bond donors (Lipinski definition) is 1. The molecule has 0 aliphatic carbocycles. The molecule has 1 unspecified atom stereocenters. The highest BCUT2D eigenvalue weighted by atomic mass is 32.1. The number of nitrogens with zero attached hydrogens (tertiary/aromatic N) is 1. The Morgan fingerprint density at radius 1 is 1.20 bits per heavy atom. The van der Waals surface area contributed by atoms with Gasteiger partial charge in [-0.05, 0) is 31.5 Å². The first-order valence-corrected chi connectivity index (χ1v) is 7.66. The lowest BCUT2D eigenvalue weighted by Crippen LogP contribution is -2.13. The van der Waals surface area contributed by atoms with Gasteiger partial charge in [0.1, 0.15) is 0 Å². The van der Waals surface area contributed by atoms with E-state index in [0.717, 1.165) is 28.5 Å². The number of ether oxygens (including phenoxy) is 2. The topological polar surface area (TPSA) is 57.4 Å². The summed E-state index contributed by atoms with van der Waals surface area (Å²) in [5, 5.41) is 3.01. The van der Waals surface area contributed by atoms with Crippen molar-refractivity contribution in [1.29, 1.82) is 0 Å². The van der Waals surface area contributed by atoms with Crippen LogP contribution >= 0.6 is 11.3 Å². The van der Waals surface area contributed by atoms with Crippen LogP contribution in [0.4, 0.5) is 0 Å². The molecule has 0 amide bonds. The van der Waals surface area contributed by atoms with Crippen LogP contribution in [0.3, 0.4) is 0 Å². The Morgan fingerprint density at radius 3 is 2.60 bits per heavy atom. The van der Waals surface area contributed by atoms with Crippen LogP contribution in [0.2, 0.25) is 0 Å². The maximum Gasteiger partial charge on any atom is 0.161 e. The standard InChI is InChI=1S/C15H20N2O2S/c1-3-18-13-6-5-11(9-14(13)19-4-2)12(16)10-15-17-7-8-20-15/h5-9,12H,3-4,10,16H2,1-2H3. The zero-order chi connectivity index (χ0) is 14.4. The molecule has 0 aliphatic rings. The third kappa shape index (κ3) is 3.71. The Morgan fingerprint density at radius 2 is 1.95 bits per heavy atom. The largest absolute Gasteiger partial charge is 0.490 e. The van der Waals surface area contributed by atoms with E-state index in [2.05, 4.69) is 4.98 Å². The second-order valence-electron chi connectivity index (χ2n) is 4.31. The van der Waals surface area contributed by atoms with Gasteiger partial charge in [-0.2, -0.15) is 0 Å². The molecule has 20 heavy (non-hydrogen) atoms. The molecule has 0 aliphatic heterocycles. The van der Waals surface area contributed by atoms with Crippen LogP contribution in [0.25, 0.3) is 0 Å². The molecule has 5 heteroatoms. The van der Waals surface area contributed by atoms with Crippen molar-refractivity contribution in [2.45, 2.75) is 26.3 Å². The van der Waals surface area contributed by atoms with Crippen LogP contribution in [-0.4, -0.2) is 18.2 Å². The average molecular weight is 292 g/mol. The molecule has 1 heterocycles. The molecule has 1 aromatic carbocycles. The zero-order valence-electron chi connectivity index (χ0n) is 11.8. The van der Waals surface area contributed by atoms with E-state index in [1.54, 1.807) is 17.5 Å². The van der Waals surface area contributed by atoms with Gasteiger partial charge in [0.25, 0.3) is 0 Å². The summed E-state index contributed by atoms with van der Waals surface area (Å²) in [6.45, 7) is 5.13. The van der Waals surface area contributed by atoms with Gasteiger partial charge in [0.15, 0.2) is 11.5 Å². The predicted molar refractivity (Wildman–Crippen MR) is 81.5 cm³/mol. The highest BCUT2D eigenvalue weighted by molar-refractivity contribution is 7.09. The van der Waals surface area contributed by atoms with E-state index in [1.807, 2.05) is 37.4 Å². The molecule has 108 valence electrons. The number of thiazole rings is 1. The first kappa shape index (κ1) is 14.8. The summed E-state index contributed by atoms with van der Waals surface area (Å²) in [6, 6.07) is 5.79. The fourth-order valence-electron chi connectivity index (χ4n) is 1.96. The predicted octanol–water partition coefficient (Wildman–Crippen LogP) is 3.18. The molecule has 4 nitrogen and oxygen atoms in total. The Bertz CT molecular complexity index is 529. The minimum absolute atomic E-state index is 0.0870. The smallest absolute Gasteiger partial charge is 0.161 e. The van der Waals surface area contributed by atoms with Crippen molar-refractivity contribution in [2.24, 2.45) is 5.73 Å². The monoisotopic (exact) mass is 292 g/mol. The maximum absolute atomic E-state index is 6.25. The second kappa shape index (κ2) is 7.26. The highest BCUT2D eigenvalue weighted by Crippen LogP contribution is 2.31. The van der Waals surface area contributed by atoms with E-state index >= 15 is 0 Å². The van der Waals surface area contributed by atoms with E-state index < -0.39 is 0 Å². The molecule has 1 aromatic heterocycles. The van der Waals surface area contributed by atoms with Crippen molar-refractivity contribution in [2.75, 3.05) is 13.2 Å². The Labute approximate surface area is 123 Å². The summed E-state index contributed by atoms with van der Waals surface area (Å²) in [5.74, 6) is 1.51. The molecule has 2 rings (SSSR count). The van der Waals surface area contributed by atoms with E-state index in [-0.39, 0.29) is 6.04 Å². The van der Waals surface area contributed by atoms with E-state index in [1.165, 1.54) is 0 Å².